The minimum absolute atomic E-state index is 0.895. The molecular weight excluding hydrogens is 823 g/mol. The highest BCUT2D eigenvalue weighted by molar-refractivity contribution is 6.09. The highest BCUT2D eigenvalue weighted by atomic mass is 16.3. The molecule has 11 aromatic carbocycles. The second kappa shape index (κ2) is 17.8. The number of anilines is 3. The van der Waals surface area contributed by atoms with Gasteiger partial charge in [-0.1, -0.05) is 237 Å². The summed E-state index contributed by atoms with van der Waals surface area (Å²) in [4.78, 5) is 2.41. The smallest absolute Gasteiger partial charge is 0.143 e. The second-order valence-electron chi connectivity index (χ2n) is 17.2. The minimum Gasteiger partial charge on any atom is -0.455 e. The van der Waals surface area contributed by atoms with Gasteiger partial charge in [-0.25, -0.2) is 0 Å². The van der Waals surface area contributed by atoms with Gasteiger partial charge in [-0.15, -0.1) is 0 Å². The third-order valence-corrected chi connectivity index (χ3v) is 13.1. The monoisotopic (exact) mass is 867 g/mol. The Labute approximate surface area is 397 Å². The molecule has 1 heterocycles. The minimum atomic E-state index is 0.895. The molecule has 1 aromatic heterocycles. The van der Waals surface area contributed by atoms with E-state index >= 15 is 0 Å². The van der Waals surface area contributed by atoms with Crippen LogP contribution in [0, 0.1) is 0 Å². The second-order valence-corrected chi connectivity index (χ2v) is 17.2. The average Bonchev–Trinajstić information content (AvgIpc) is 3.81. The summed E-state index contributed by atoms with van der Waals surface area (Å²) in [5.41, 5.74) is 21.2. The molecule has 0 fully saturated rings. The first-order valence-corrected chi connectivity index (χ1v) is 23.2. The van der Waals surface area contributed by atoms with Crippen LogP contribution in [0.3, 0.4) is 0 Å². The van der Waals surface area contributed by atoms with Crippen molar-refractivity contribution in [3.63, 3.8) is 0 Å². The molecule has 0 saturated heterocycles. The summed E-state index contributed by atoms with van der Waals surface area (Å²) < 4.78 is 6.51. The van der Waals surface area contributed by atoms with Crippen LogP contribution in [0.5, 0.6) is 0 Å². The summed E-state index contributed by atoms with van der Waals surface area (Å²) in [7, 11) is 0. The molecule has 0 bridgehead atoms. The summed E-state index contributed by atoms with van der Waals surface area (Å²) in [5.74, 6) is 0. The van der Waals surface area contributed by atoms with Gasteiger partial charge in [-0.05, 0) is 103 Å². The van der Waals surface area contributed by atoms with Crippen LogP contribution in [0.4, 0.5) is 17.1 Å². The number of fused-ring (bicyclic) bond motifs is 3. The van der Waals surface area contributed by atoms with Gasteiger partial charge >= 0.3 is 0 Å². The Morgan fingerprint density at radius 3 is 1.43 bits per heavy atom. The third kappa shape index (κ3) is 7.54. The lowest BCUT2D eigenvalue weighted by Crippen LogP contribution is -2.11. The number of hydrogen-bond donors (Lipinski definition) is 0. The molecule has 0 saturated carbocycles. The van der Waals surface area contributed by atoms with Gasteiger partial charge in [0.2, 0.25) is 0 Å². The van der Waals surface area contributed by atoms with Crippen molar-refractivity contribution >= 4 is 39.0 Å². The fourth-order valence-electron chi connectivity index (χ4n) is 9.90. The SMILES string of the molecule is c1ccc(-c2ccc(-c3ccccc3N(c3ccc(-c4cccc5c4oc4ccccc45)cc3)c3cccc(-c4cccc(-c5ccccc5)c4-c4ccccc4-c4ccccc4)c3)cc2)cc1. The predicted octanol–water partition coefficient (Wildman–Crippen LogP) is 18.7. The van der Waals surface area contributed by atoms with Crippen molar-refractivity contribution in [3.05, 3.63) is 273 Å². The topological polar surface area (TPSA) is 16.4 Å². The maximum atomic E-state index is 6.51. The highest BCUT2D eigenvalue weighted by Crippen LogP contribution is 2.47. The van der Waals surface area contributed by atoms with Gasteiger partial charge in [-0.3, -0.25) is 0 Å². The van der Waals surface area contributed by atoms with Gasteiger partial charge in [-0.2, -0.15) is 0 Å². The lowest BCUT2D eigenvalue weighted by molar-refractivity contribution is 0.670. The normalized spacial score (nSPS) is 11.2. The number of para-hydroxylation sites is 3. The molecule has 0 atom stereocenters. The summed E-state index contributed by atoms with van der Waals surface area (Å²) in [6.07, 6.45) is 0. The Bertz CT molecular complexity index is 3700. The van der Waals surface area contributed by atoms with E-state index in [1.165, 1.54) is 44.5 Å². The molecular formula is C66H45NO. The van der Waals surface area contributed by atoms with Crippen LogP contribution in [0.1, 0.15) is 0 Å². The fourth-order valence-corrected chi connectivity index (χ4v) is 9.90. The van der Waals surface area contributed by atoms with E-state index in [2.05, 4.69) is 266 Å². The van der Waals surface area contributed by atoms with Crippen molar-refractivity contribution in [2.75, 3.05) is 4.90 Å². The largest absolute Gasteiger partial charge is 0.455 e. The first-order chi connectivity index (χ1) is 33.7. The molecule has 0 amide bonds. The van der Waals surface area contributed by atoms with Gasteiger partial charge < -0.3 is 9.32 Å². The molecule has 0 N–H and O–H groups in total. The van der Waals surface area contributed by atoms with Crippen molar-refractivity contribution < 1.29 is 4.42 Å². The van der Waals surface area contributed by atoms with Gasteiger partial charge in [0.05, 0.1) is 5.69 Å². The number of nitrogens with zero attached hydrogens (tertiary/aromatic N) is 1. The molecule has 0 aliphatic carbocycles. The van der Waals surface area contributed by atoms with Crippen LogP contribution in [-0.2, 0) is 0 Å². The van der Waals surface area contributed by atoms with E-state index < -0.39 is 0 Å². The third-order valence-electron chi connectivity index (χ3n) is 13.1. The van der Waals surface area contributed by atoms with E-state index in [0.717, 1.165) is 72.4 Å². The molecule has 12 aromatic rings. The Morgan fingerprint density at radius 2 is 0.691 bits per heavy atom. The molecule has 0 aliphatic heterocycles. The Morgan fingerprint density at radius 1 is 0.250 bits per heavy atom. The zero-order valence-electron chi connectivity index (χ0n) is 37.3. The molecule has 12 rings (SSSR count). The van der Waals surface area contributed by atoms with Crippen molar-refractivity contribution in [1.82, 2.24) is 0 Å². The Balaban J connectivity index is 1.03. The lowest BCUT2D eigenvalue weighted by atomic mass is 9.84. The highest BCUT2D eigenvalue weighted by Gasteiger charge is 2.22. The molecule has 0 spiro atoms. The number of benzene rings is 11. The van der Waals surface area contributed by atoms with Crippen molar-refractivity contribution in [3.8, 4) is 77.9 Å². The van der Waals surface area contributed by atoms with Crippen molar-refractivity contribution in [1.29, 1.82) is 0 Å². The Hall–Kier alpha value is -8.98. The van der Waals surface area contributed by atoms with Gasteiger partial charge in [0, 0.05) is 33.3 Å². The lowest BCUT2D eigenvalue weighted by Gasteiger charge is -2.29. The van der Waals surface area contributed by atoms with Gasteiger partial charge in [0.25, 0.3) is 0 Å². The number of furan rings is 1. The maximum Gasteiger partial charge on any atom is 0.143 e. The van der Waals surface area contributed by atoms with Crippen molar-refractivity contribution in [2.45, 2.75) is 0 Å². The number of rotatable bonds is 10. The van der Waals surface area contributed by atoms with E-state index in [1.807, 2.05) is 12.1 Å². The summed E-state index contributed by atoms with van der Waals surface area (Å²) in [6, 6.07) is 98.1. The molecule has 2 heteroatoms. The average molecular weight is 868 g/mol. The zero-order chi connectivity index (χ0) is 45.2. The summed E-state index contributed by atoms with van der Waals surface area (Å²) in [5, 5.41) is 2.25. The number of hydrogen-bond acceptors (Lipinski definition) is 2. The van der Waals surface area contributed by atoms with Crippen LogP contribution in [0.2, 0.25) is 0 Å². The quantitative estimate of drug-likeness (QED) is 0.136. The molecule has 0 aliphatic rings. The van der Waals surface area contributed by atoms with Gasteiger partial charge in [0.1, 0.15) is 11.2 Å². The summed E-state index contributed by atoms with van der Waals surface area (Å²) >= 11 is 0. The van der Waals surface area contributed by atoms with Crippen LogP contribution in [0.25, 0.3) is 99.8 Å². The van der Waals surface area contributed by atoms with Crippen molar-refractivity contribution in [2.24, 2.45) is 0 Å². The zero-order valence-corrected chi connectivity index (χ0v) is 37.3. The van der Waals surface area contributed by atoms with E-state index in [-0.39, 0.29) is 0 Å². The maximum absolute atomic E-state index is 6.51. The van der Waals surface area contributed by atoms with Gasteiger partial charge in [0.15, 0.2) is 0 Å². The van der Waals surface area contributed by atoms with Crippen LogP contribution < -0.4 is 4.90 Å². The molecule has 68 heavy (non-hydrogen) atoms. The fraction of sp³-hybridized carbons (Fsp3) is 0. The summed E-state index contributed by atoms with van der Waals surface area (Å²) in [6.45, 7) is 0. The molecule has 320 valence electrons. The molecule has 0 unspecified atom stereocenters. The van der Waals surface area contributed by atoms with E-state index in [1.54, 1.807) is 0 Å². The van der Waals surface area contributed by atoms with Crippen LogP contribution in [-0.4, -0.2) is 0 Å². The molecule has 0 radical (unpaired) electrons. The van der Waals surface area contributed by atoms with E-state index in [4.69, 9.17) is 4.42 Å². The Kier molecular flexibility index (Phi) is 10.6. The van der Waals surface area contributed by atoms with E-state index in [0.29, 0.717) is 0 Å². The standard InChI is InChI=1S/C66H45NO/c1-4-19-46(20-5-1)47-37-39-50(40-38-47)56-28-12-14-35-63(56)67(53-43-41-51(42-44-53)59-33-18-34-62-60-29-13-15-36-64(60)68-66(59)62)54-26-16-25-52(45-54)58-32-17-31-57(49-23-8-3-9-24-49)65(58)61-30-11-10-27-55(61)48-21-6-2-7-22-48/h1-45H. The van der Waals surface area contributed by atoms with E-state index in [9.17, 15) is 0 Å². The van der Waals surface area contributed by atoms with Crippen LogP contribution in [0.15, 0.2) is 277 Å². The van der Waals surface area contributed by atoms with Crippen LogP contribution >= 0.6 is 0 Å². The first kappa shape index (κ1) is 40.5. The predicted molar refractivity (Wildman–Crippen MR) is 286 cm³/mol. The first-order valence-electron chi connectivity index (χ1n) is 23.2. The molecule has 2 nitrogen and oxygen atoms in total.